The molecule has 46 heavy (non-hydrogen) atoms. The maximum absolute atomic E-state index is 13.3. The topological polar surface area (TPSA) is 150 Å². The highest BCUT2D eigenvalue weighted by Crippen LogP contribution is 2.34. The van der Waals surface area contributed by atoms with Gasteiger partial charge in [0.05, 0.1) is 25.2 Å². The lowest BCUT2D eigenvalue weighted by Crippen LogP contribution is -2.68. The van der Waals surface area contributed by atoms with Crippen molar-refractivity contribution < 1.29 is 42.9 Å². The van der Waals surface area contributed by atoms with Crippen LogP contribution >= 0.6 is 69.6 Å². The van der Waals surface area contributed by atoms with Gasteiger partial charge in [-0.1, -0.05) is 118 Å². The summed E-state index contributed by atoms with van der Waals surface area (Å²) >= 11 is 34.9. The molecule has 1 heterocycles. The Morgan fingerprint density at radius 1 is 0.826 bits per heavy atom. The van der Waals surface area contributed by atoms with Crippen LogP contribution in [0.15, 0.2) is 60.7 Å². The molecule has 5 atom stereocenters. The summed E-state index contributed by atoms with van der Waals surface area (Å²) in [5.74, 6) is -4.25. The van der Waals surface area contributed by atoms with Gasteiger partial charge in [-0.25, -0.2) is 4.79 Å². The van der Waals surface area contributed by atoms with Crippen molar-refractivity contribution in [1.29, 1.82) is 5.41 Å². The highest BCUT2D eigenvalue weighted by atomic mass is 35.6. The van der Waals surface area contributed by atoms with E-state index in [-0.39, 0.29) is 37.4 Å². The molecule has 250 valence electrons. The maximum atomic E-state index is 13.3. The zero-order valence-corrected chi connectivity index (χ0v) is 28.5. The Hall–Kier alpha value is -2.35. The Kier molecular flexibility index (Phi) is 14.2. The van der Waals surface area contributed by atoms with Crippen LogP contribution in [0, 0.1) is 5.41 Å². The van der Waals surface area contributed by atoms with Crippen LogP contribution in [0.25, 0.3) is 0 Å². The van der Waals surface area contributed by atoms with Crippen molar-refractivity contribution in [2.24, 2.45) is 0 Å². The fraction of sp³-hybridized carbons (Fsp3) is 0.414. The molecule has 2 aromatic carbocycles. The first kappa shape index (κ1) is 38.1. The first-order valence-corrected chi connectivity index (χ1v) is 15.7. The molecular formula is C29H28Cl6N2O9. The summed E-state index contributed by atoms with van der Waals surface area (Å²) in [5, 5.41) is 10.5. The number of nitrogens with one attached hydrogen (secondary N) is 2. The molecule has 17 heteroatoms. The molecule has 1 aliphatic heterocycles. The monoisotopic (exact) mass is 758 g/mol. The first-order chi connectivity index (χ1) is 21.6. The second-order valence-electron chi connectivity index (χ2n) is 9.88. The fourth-order valence-corrected chi connectivity index (χ4v) is 4.41. The van der Waals surface area contributed by atoms with Crippen molar-refractivity contribution in [3.63, 3.8) is 0 Å². The molecule has 11 nitrogen and oxygen atoms in total. The Morgan fingerprint density at radius 2 is 1.43 bits per heavy atom. The van der Waals surface area contributed by atoms with E-state index in [1.807, 2.05) is 18.2 Å². The van der Waals surface area contributed by atoms with Gasteiger partial charge in [-0.3, -0.25) is 15.0 Å². The predicted molar refractivity (Wildman–Crippen MR) is 172 cm³/mol. The van der Waals surface area contributed by atoms with Crippen LogP contribution in [0.5, 0.6) is 0 Å². The van der Waals surface area contributed by atoms with E-state index in [1.54, 1.807) is 30.3 Å². The summed E-state index contributed by atoms with van der Waals surface area (Å²) in [6.45, 7) is 1.07. The molecule has 1 amide bonds. The molecule has 2 N–H and O–H groups in total. The zero-order chi connectivity index (χ0) is 34.1. The van der Waals surface area contributed by atoms with Gasteiger partial charge in [0.1, 0.15) is 17.9 Å². The van der Waals surface area contributed by atoms with Crippen molar-refractivity contribution in [2.75, 3.05) is 6.61 Å². The number of carbonyl (C=O) groups excluding carboxylic acids is 4. The van der Waals surface area contributed by atoms with E-state index in [0.29, 0.717) is 0 Å². The average molecular weight is 761 g/mol. The largest absolute Gasteiger partial charge is 0.456 e. The van der Waals surface area contributed by atoms with Gasteiger partial charge in [0.2, 0.25) is 12.2 Å². The van der Waals surface area contributed by atoms with Crippen LogP contribution in [0.4, 0.5) is 0 Å². The molecule has 0 bridgehead atoms. The molecule has 0 saturated carbocycles. The number of ketones is 1. The Bertz CT molecular complexity index is 1370. The number of benzene rings is 2. The SMILES string of the molecule is CC(=O)CCC(=O)O[C@@H]1[C@@H](NC(=O)C(Cl)(Cl)Cl)[C@@H](OC(=N)C(Cl)(Cl)Cl)O[C@H](COCc2ccccc2)[C@H]1OC(=O)c1ccccc1. The number of Topliss-reactive ketones (excluding diaryl/α,β-unsaturated/α-hetero) is 1. The maximum Gasteiger partial charge on any atom is 0.338 e. The number of hydrogen-bond donors (Lipinski definition) is 2. The van der Waals surface area contributed by atoms with E-state index >= 15 is 0 Å². The third-order valence-corrected chi connectivity index (χ3v) is 7.32. The van der Waals surface area contributed by atoms with Crippen molar-refractivity contribution in [1.82, 2.24) is 5.32 Å². The molecule has 0 aliphatic carbocycles. The average Bonchev–Trinajstić information content (AvgIpc) is 2.99. The number of carbonyl (C=O) groups is 4. The second-order valence-corrected chi connectivity index (χ2v) is 14.4. The number of halogens is 6. The molecular weight excluding hydrogens is 733 g/mol. The molecule has 0 spiro atoms. The molecule has 1 saturated heterocycles. The first-order valence-electron chi connectivity index (χ1n) is 13.5. The van der Waals surface area contributed by atoms with E-state index in [0.717, 1.165) is 5.56 Å². The van der Waals surface area contributed by atoms with E-state index < -0.39 is 62.0 Å². The standard InChI is InChI=1S/C29H28Cl6N2O9/c1-16(38)12-13-20(39)44-23-21(37-27(41)29(33,34)35)25(46-26(36)28(30,31)32)43-19(15-42-14-17-8-4-2-5-9-17)22(23)45-24(40)18-10-6-3-7-11-18/h2-11,19,21-23,25,36H,12-15H2,1H3,(H,37,41)/t19-,21-,22-,23-,25-/m1/s1. The number of esters is 2. The Labute approximate surface area is 294 Å². The lowest BCUT2D eigenvalue weighted by atomic mass is 9.95. The van der Waals surface area contributed by atoms with Gasteiger partial charge >= 0.3 is 11.9 Å². The van der Waals surface area contributed by atoms with Gasteiger partial charge in [-0.15, -0.1) is 0 Å². The molecule has 1 fully saturated rings. The number of alkyl halides is 6. The van der Waals surface area contributed by atoms with Gasteiger partial charge in [-0.05, 0) is 24.6 Å². The van der Waals surface area contributed by atoms with E-state index in [4.69, 9.17) is 98.7 Å². The lowest BCUT2D eigenvalue weighted by molar-refractivity contribution is -0.257. The normalized spacial score (nSPS) is 21.5. The Morgan fingerprint density at radius 3 is 2.00 bits per heavy atom. The lowest BCUT2D eigenvalue weighted by Gasteiger charge is -2.45. The minimum Gasteiger partial charge on any atom is -0.456 e. The summed E-state index contributed by atoms with van der Waals surface area (Å²) in [7, 11) is 0. The minimum absolute atomic E-state index is 0.0893. The van der Waals surface area contributed by atoms with Gasteiger partial charge < -0.3 is 33.8 Å². The summed E-state index contributed by atoms with van der Waals surface area (Å²) in [6.07, 6.45) is -6.74. The summed E-state index contributed by atoms with van der Waals surface area (Å²) in [4.78, 5) is 50.8. The summed E-state index contributed by atoms with van der Waals surface area (Å²) in [5.41, 5.74) is 0.924. The number of amides is 1. The quantitative estimate of drug-likeness (QED) is 0.121. The third-order valence-electron chi connectivity index (χ3n) is 6.29. The number of ether oxygens (including phenoxy) is 5. The van der Waals surface area contributed by atoms with Gasteiger partial charge in [-0.2, -0.15) is 0 Å². The molecule has 3 rings (SSSR count). The molecule has 2 aromatic rings. The van der Waals surface area contributed by atoms with E-state index in [9.17, 15) is 19.2 Å². The highest BCUT2D eigenvalue weighted by molar-refractivity contribution is 6.76. The smallest absolute Gasteiger partial charge is 0.338 e. The van der Waals surface area contributed by atoms with Gasteiger partial charge in [0, 0.05) is 6.42 Å². The third kappa shape index (κ3) is 11.7. The van der Waals surface area contributed by atoms with Crippen LogP contribution in [0.3, 0.4) is 0 Å². The highest BCUT2D eigenvalue weighted by Gasteiger charge is 2.54. The van der Waals surface area contributed by atoms with Crippen LogP contribution in [0.2, 0.25) is 0 Å². The summed E-state index contributed by atoms with van der Waals surface area (Å²) in [6, 6.07) is 15.3. The number of rotatable bonds is 12. The van der Waals surface area contributed by atoms with E-state index in [1.165, 1.54) is 19.1 Å². The van der Waals surface area contributed by atoms with Crippen molar-refractivity contribution >= 4 is 99.1 Å². The van der Waals surface area contributed by atoms with Crippen LogP contribution in [-0.4, -0.2) is 74.4 Å². The van der Waals surface area contributed by atoms with Crippen molar-refractivity contribution in [3.05, 3.63) is 71.8 Å². The molecule has 0 aromatic heterocycles. The molecule has 1 aliphatic rings. The second kappa shape index (κ2) is 17.2. The fourth-order valence-electron chi connectivity index (χ4n) is 4.11. The Balaban J connectivity index is 2.07. The van der Waals surface area contributed by atoms with Crippen molar-refractivity contribution in [2.45, 2.75) is 64.6 Å². The van der Waals surface area contributed by atoms with Gasteiger partial charge in [0.15, 0.2) is 12.2 Å². The number of hydrogen-bond acceptors (Lipinski definition) is 10. The van der Waals surface area contributed by atoms with Crippen LogP contribution < -0.4 is 5.32 Å². The van der Waals surface area contributed by atoms with Crippen LogP contribution in [-0.2, 0) is 44.7 Å². The molecule has 0 unspecified atom stereocenters. The van der Waals surface area contributed by atoms with E-state index in [2.05, 4.69) is 5.32 Å². The molecule has 0 radical (unpaired) electrons. The predicted octanol–water partition coefficient (Wildman–Crippen LogP) is 5.65. The van der Waals surface area contributed by atoms with Crippen molar-refractivity contribution in [3.8, 4) is 0 Å². The van der Waals surface area contributed by atoms with Crippen LogP contribution in [0.1, 0.15) is 35.7 Å². The minimum atomic E-state index is -2.54. The summed E-state index contributed by atoms with van der Waals surface area (Å²) < 4.78 is 24.0. The van der Waals surface area contributed by atoms with Gasteiger partial charge in [0.25, 0.3) is 13.5 Å². The zero-order valence-electron chi connectivity index (χ0n) is 23.9.